The third-order valence-corrected chi connectivity index (χ3v) is 4.49. The number of fused-ring (bicyclic) bond motifs is 1. The van der Waals surface area contributed by atoms with Crippen LogP contribution < -0.4 is 10.9 Å². The van der Waals surface area contributed by atoms with Crippen molar-refractivity contribution >= 4 is 16.9 Å². The van der Waals surface area contributed by atoms with Crippen molar-refractivity contribution in [2.75, 3.05) is 0 Å². The molecule has 3 heterocycles. The number of benzene rings is 1. The van der Waals surface area contributed by atoms with Crippen LogP contribution in [0.5, 0.6) is 0 Å². The lowest BCUT2D eigenvalue weighted by molar-refractivity contribution is -0.122. The molecule has 4 aromatic rings. The smallest absolute Gasteiger partial charge is 0.264 e. The lowest BCUT2D eigenvalue weighted by atomic mass is 10.1. The Kier molecular flexibility index (Phi) is 4.44. The van der Waals surface area contributed by atoms with E-state index in [1.807, 2.05) is 31.2 Å². The van der Waals surface area contributed by atoms with Gasteiger partial charge >= 0.3 is 0 Å². The second kappa shape index (κ2) is 7.06. The van der Waals surface area contributed by atoms with Crippen LogP contribution in [0, 0.1) is 0 Å². The molecule has 10 nitrogen and oxygen atoms in total. The number of carbonyl (C=O) groups is 1. The van der Waals surface area contributed by atoms with Gasteiger partial charge in [0.05, 0.1) is 17.9 Å². The molecular formula is C18H18N8O2. The molecule has 0 saturated carbocycles. The van der Waals surface area contributed by atoms with Gasteiger partial charge in [-0.05, 0) is 24.6 Å². The van der Waals surface area contributed by atoms with Crippen molar-refractivity contribution in [3.63, 3.8) is 0 Å². The Hall–Kier alpha value is -3.82. The molecule has 1 aromatic carbocycles. The lowest BCUT2D eigenvalue weighted by Crippen LogP contribution is -2.33. The molecule has 0 bridgehead atoms. The van der Waals surface area contributed by atoms with Gasteiger partial charge in [-0.1, -0.05) is 12.1 Å². The van der Waals surface area contributed by atoms with E-state index in [0.29, 0.717) is 11.0 Å². The number of aromatic nitrogens is 7. The highest BCUT2D eigenvalue weighted by Crippen LogP contribution is 2.15. The van der Waals surface area contributed by atoms with E-state index in [9.17, 15) is 9.59 Å². The standard InChI is InChI=1S/C18H18N8O2/c1-12(13-3-5-14(6-4-13)26-10-19-9-22-26)23-16(27)8-25-11-20-17-15(18(25)28)7-21-24(17)2/h3-7,9-12H,8H2,1-2H3,(H,23,27). The first-order valence-electron chi connectivity index (χ1n) is 8.64. The quantitative estimate of drug-likeness (QED) is 0.544. The molecule has 142 valence electrons. The zero-order valence-electron chi connectivity index (χ0n) is 15.4. The first-order chi connectivity index (χ1) is 13.5. The van der Waals surface area contributed by atoms with Crippen LogP contribution in [0.4, 0.5) is 0 Å². The number of hydrogen-bond acceptors (Lipinski definition) is 6. The fraction of sp³-hybridized carbons (Fsp3) is 0.222. The van der Waals surface area contributed by atoms with Gasteiger partial charge < -0.3 is 5.32 Å². The first-order valence-corrected chi connectivity index (χ1v) is 8.64. The normalized spacial score (nSPS) is 12.2. The van der Waals surface area contributed by atoms with Crippen LogP contribution in [0.25, 0.3) is 16.7 Å². The highest BCUT2D eigenvalue weighted by atomic mass is 16.2. The summed E-state index contributed by atoms with van der Waals surface area (Å²) in [5.74, 6) is -0.278. The van der Waals surface area contributed by atoms with Crippen molar-refractivity contribution in [3.8, 4) is 5.69 Å². The van der Waals surface area contributed by atoms with Crippen LogP contribution >= 0.6 is 0 Å². The van der Waals surface area contributed by atoms with Crippen LogP contribution in [-0.4, -0.2) is 40.0 Å². The molecule has 1 amide bonds. The predicted molar refractivity (Wildman–Crippen MR) is 101 cm³/mol. The maximum Gasteiger partial charge on any atom is 0.264 e. The minimum Gasteiger partial charge on any atom is -0.348 e. The van der Waals surface area contributed by atoms with Crippen LogP contribution in [0.15, 0.2) is 54.2 Å². The Morgan fingerprint density at radius 3 is 2.68 bits per heavy atom. The molecule has 0 aliphatic rings. The van der Waals surface area contributed by atoms with E-state index in [0.717, 1.165) is 11.3 Å². The fourth-order valence-electron chi connectivity index (χ4n) is 2.96. The van der Waals surface area contributed by atoms with Gasteiger partial charge in [0.2, 0.25) is 5.91 Å². The number of hydrogen-bond donors (Lipinski definition) is 1. The lowest BCUT2D eigenvalue weighted by Gasteiger charge is -2.15. The molecule has 1 atom stereocenters. The Morgan fingerprint density at radius 1 is 1.18 bits per heavy atom. The van der Waals surface area contributed by atoms with Crippen LogP contribution in [0.2, 0.25) is 0 Å². The van der Waals surface area contributed by atoms with Gasteiger partial charge in [-0.25, -0.2) is 14.6 Å². The van der Waals surface area contributed by atoms with Crippen molar-refractivity contribution in [1.82, 2.24) is 39.4 Å². The van der Waals surface area contributed by atoms with Gasteiger partial charge in [0.25, 0.3) is 5.56 Å². The molecule has 10 heteroatoms. The predicted octanol–water partition coefficient (Wildman–Crippen LogP) is 0.588. The zero-order valence-corrected chi connectivity index (χ0v) is 15.4. The van der Waals surface area contributed by atoms with E-state index in [-0.39, 0.29) is 24.1 Å². The van der Waals surface area contributed by atoms with Crippen LogP contribution in [0.3, 0.4) is 0 Å². The Balaban J connectivity index is 1.45. The molecule has 1 N–H and O–H groups in total. The summed E-state index contributed by atoms with van der Waals surface area (Å²) >= 11 is 0. The summed E-state index contributed by atoms with van der Waals surface area (Å²) in [7, 11) is 1.71. The number of nitrogens with one attached hydrogen (secondary N) is 1. The minimum atomic E-state index is -0.293. The molecule has 0 fully saturated rings. The molecule has 0 spiro atoms. The number of amides is 1. The molecule has 1 unspecified atom stereocenters. The van der Waals surface area contributed by atoms with Crippen LogP contribution in [0.1, 0.15) is 18.5 Å². The van der Waals surface area contributed by atoms with Crippen molar-refractivity contribution in [2.24, 2.45) is 7.05 Å². The van der Waals surface area contributed by atoms with Crippen molar-refractivity contribution in [3.05, 3.63) is 65.4 Å². The summed E-state index contributed by atoms with van der Waals surface area (Å²) in [5, 5.41) is 11.4. The summed E-state index contributed by atoms with van der Waals surface area (Å²) in [4.78, 5) is 33.0. The maximum atomic E-state index is 12.5. The Morgan fingerprint density at radius 2 is 1.96 bits per heavy atom. The second-order valence-electron chi connectivity index (χ2n) is 6.40. The van der Waals surface area contributed by atoms with E-state index >= 15 is 0 Å². The van der Waals surface area contributed by atoms with Crippen molar-refractivity contribution in [2.45, 2.75) is 19.5 Å². The number of carbonyl (C=O) groups excluding carboxylic acids is 1. The molecular weight excluding hydrogens is 360 g/mol. The van der Waals surface area contributed by atoms with Gasteiger partial charge in [0.1, 0.15) is 30.9 Å². The minimum absolute atomic E-state index is 0.113. The molecule has 0 saturated heterocycles. The zero-order chi connectivity index (χ0) is 19.7. The summed E-state index contributed by atoms with van der Waals surface area (Å²) in [6, 6.07) is 7.41. The maximum absolute atomic E-state index is 12.5. The number of aryl methyl sites for hydroxylation is 1. The molecule has 3 aromatic heterocycles. The second-order valence-corrected chi connectivity index (χ2v) is 6.40. The average molecular weight is 378 g/mol. The van der Waals surface area contributed by atoms with Crippen LogP contribution in [-0.2, 0) is 18.4 Å². The van der Waals surface area contributed by atoms with Gasteiger partial charge in [-0.2, -0.15) is 10.2 Å². The fourth-order valence-corrected chi connectivity index (χ4v) is 2.96. The summed E-state index contributed by atoms with van der Waals surface area (Å²) < 4.78 is 4.45. The van der Waals surface area contributed by atoms with E-state index < -0.39 is 0 Å². The van der Waals surface area contributed by atoms with Gasteiger partial charge in [0.15, 0.2) is 5.65 Å². The molecule has 0 radical (unpaired) electrons. The number of nitrogens with zero attached hydrogens (tertiary/aromatic N) is 7. The third kappa shape index (κ3) is 3.27. The molecule has 0 aliphatic heterocycles. The average Bonchev–Trinajstić information content (AvgIpc) is 3.35. The third-order valence-electron chi connectivity index (χ3n) is 4.49. The summed E-state index contributed by atoms with van der Waals surface area (Å²) in [5.41, 5.74) is 2.01. The van der Waals surface area contributed by atoms with E-state index in [1.54, 1.807) is 18.1 Å². The summed E-state index contributed by atoms with van der Waals surface area (Å²) in [6.45, 7) is 1.77. The van der Waals surface area contributed by atoms with Crippen molar-refractivity contribution in [1.29, 1.82) is 0 Å². The highest BCUT2D eigenvalue weighted by Gasteiger charge is 2.13. The topological polar surface area (TPSA) is 113 Å². The van der Waals surface area contributed by atoms with Gasteiger partial charge in [-0.3, -0.25) is 18.8 Å². The first kappa shape index (κ1) is 17.6. The summed E-state index contributed by atoms with van der Waals surface area (Å²) in [6.07, 6.45) is 5.91. The Labute approximate surface area is 159 Å². The van der Waals surface area contributed by atoms with Gasteiger partial charge in [-0.15, -0.1) is 0 Å². The largest absolute Gasteiger partial charge is 0.348 e. The van der Waals surface area contributed by atoms with E-state index in [1.165, 1.54) is 28.1 Å². The SMILES string of the molecule is CC(NC(=O)Cn1cnc2c(cnn2C)c1=O)c1ccc(-n2cncn2)cc1. The number of rotatable bonds is 5. The van der Waals surface area contributed by atoms with Crippen molar-refractivity contribution < 1.29 is 4.79 Å². The molecule has 28 heavy (non-hydrogen) atoms. The van der Waals surface area contributed by atoms with E-state index in [2.05, 4.69) is 25.5 Å². The Bertz CT molecular complexity index is 1170. The highest BCUT2D eigenvalue weighted by molar-refractivity contribution is 5.77. The van der Waals surface area contributed by atoms with E-state index in [4.69, 9.17) is 0 Å². The van der Waals surface area contributed by atoms with Gasteiger partial charge in [0, 0.05) is 7.05 Å². The molecule has 0 aliphatic carbocycles. The monoisotopic (exact) mass is 378 g/mol. The molecule has 4 rings (SSSR count).